The molecule has 28 heavy (non-hydrogen) atoms. The molecule has 0 amide bonds. The fourth-order valence-electron chi connectivity index (χ4n) is 4.23. The third-order valence-corrected chi connectivity index (χ3v) is 5.73. The van der Waals surface area contributed by atoms with Crippen molar-refractivity contribution in [2.24, 2.45) is 5.41 Å². The maximum absolute atomic E-state index is 13.8. The van der Waals surface area contributed by atoms with Crippen LogP contribution < -0.4 is 0 Å². The first-order chi connectivity index (χ1) is 13.2. The van der Waals surface area contributed by atoms with Gasteiger partial charge in [0.15, 0.2) is 0 Å². The lowest BCUT2D eigenvalue weighted by Crippen LogP contribution is -2.32. The molecular formula is C23H29FO4. The van der Waals surface area contributed by atoms with Gasteiger partial charge in [-0.1, -0.05) is 26.0 Å². The van der Waals surface area contributed by atoms with E-state index in [1.165, 1.54) is 6.07 Å². The van der Waals surface area contributed by atoms with Crippen LogP contribution in [0.5, 0.6) is 0 Å². The second-order valence-electron chi connectivity index (χ2n) is 8.49. The Labute approximate surface area is 166 Å². The van der Waals surface area contributed by atoms with Gasteiger partial charge in [0.05, 0.1) is 18.6 Å². The van der Waals surface area contributed by atoms with Gasteiger partial charge >= 0.3 is 5.97 Å². The van der Waals surface area contributed by atoms with Crippen molar-refractivity contribution >= 4 is 11.5 Å². The number of carbonyl (C=O) groups is 1. The molecule has 0 aromatic heterocycles. The predicted octanol–water partition coefficient (Wildman–Crippen LogP) is 4.35. The van der Waals surface area contributed by atoms with E-state index in [1.54, 1.807) is 14.0 Å². The zero-order valence-electron chi connectivity index (χ0n) is 17.0. The monoisotopic (exact) mass is 388 g/mol. The van der Waals surface area contributed by atoms with E-state index >= 15 is 0 Å². The van der Waals surface area contributed by atoms with Crippen molar-refractivity contribution in [3.8, 4) is 0 Å². The van der Waals surface area contributed by atoms with Crippen LogP contribution in [0.1, 0.15) is 50.7 Å². The molecule has 3 atom stereocenters. The molecule has 0 spiro atoms. The van der Waals surface area contributed by atoms with Crippen LogP contribution >= 0.6 is 0 Å². The number of benzene rings is 1. The predicted molar refractivity (Wildman–Crippen MR) is 106 cm³/mol. The van der Waals surface area contributed by atoms with Gasteiger partial charge in [-0.15, -0.1) is 0 Å². The number of methoxy groups -OCH3 is 1. The minimum atomic E-state index is -0.665. The molecule has 1 aliphatic heterocycles. The summed E-state index contributed by atoms with van der Waals surface area (Å²) in [6.45, 7) is 6.09. The molecule has 1 aromatic rings. The van der Waals surface area contributed by atoms with Gasteiger partial charge in [0.1, 0.15) is 11.9 Å². The maximum Gasteiger partial charge on any atom is 0.309 e. The Morgan fingerprint density at radius 1 is 1.32 bits per heavy atom. The minimum Gasteiger partial charge on any atom is -0.458 e. The summed E-state index contributed by atoms with van der Waals surface area (Å²) >= 11 is 0. The highest BCUT2D eigenvalue weighted by Gasteiger charge is 2.35. The molecule has 3 unspecified atom stereocenters. The third kappa shape index (κ3) is 4.53. The number of aliphatic hydroxyl groups is 1. The Hall–Kier alpha value is -1.98. The van der Waals surface area contributed by atoms with E-state index in [4.69, 9.17) is 9.47 Å². The van der Waals surface area contributed by atoms with Crippen LogP contribution in [0, 0.1) is 18.2 Å². The van der Waals surface area contributed by atoms with E-state index in [-0.39, 0.29) is 29.7 Å². The number of carbonyl (C=O) groups excluding carboxylic acids is 1. The number of halogens is 1. The van der Waals surface area contributed by atoms with E-state index < -0.39 is 12.2 Å². The second-order valence-corrected chi connectivity index (χ2v) is 8.49. The number of ether oxygens (including phenoxy) is 2. The van der Waals surface area contributed by atoms with Gasteiger partial charge in [0, 0.05) is 13.5 Å². The molecule has 1 aliphatic carbocycles. The van der Waals surface area contributed by atoms with Crippen LogP contribution in [-0.2, 0) is 14.3 Å². The zero-order valence-corrected chi connectivity index (χ0v) is 17.0. The molecule has 2 aliphatic rings. The summed E-state index contributed by atoms with van der Waals surface area (Å²) in [6.07, 6.45) is 4.91. The number of hydrogen-bond donors (Lipinski definition) is 1. The van der Waals surface area contributed by atoms with E-state index in [9.17, 15) is 14.3 Å². The average molecular weight is 388 g/mol. The van der Waals surface area contributed by atoms with Gasteiger partial charge in [-0.05, 0) is 65.7 Å². The quantitative estimate of drug-likeness (QED) is 0.780. The van der Waals surface area contributed by atoms with Crippen molar-refractivity contribution in [3.63, 3.8) is 0 Å². The summed E-state index contributed by atoms with van der Waals surface area (Å²) in [4.78, 5) is 11.6. The number of aryl methyl sites for hydroxylation is 1. The van der Waals surface area contributed by atoms with Gasteiger partial charge < -0.3 is 14.6 Å². The topological polar surface area (TPSA) is 55.8 Å². The Kier molecular flexibility index (Phi) is 6.06. The fraction of sp³-hybridized carbons (Fsp3) is 0.522. The molecule has 1 heterocycles. The van der Waals surface area contributed by atoms with E-state index in [1.807, 2.05) is 24.3 Å². The van der Waals surface area contributed by atoms with Crippen molar-refractivity contribution < 1.29 is 23.8 Å². The van der Waals surface area contributed by atoms with E-state index in [2.05, 4.69) is 13.8 Å². The van der Waals surface area contributed by atoms with Gasteiger partial charge in [-0.3, -0.25) is 4.79 Å². The molecule has 1 saturated heterocycles. The number of cyclic esters (lactones) is 1. The van der Waals surface area contributed by atoms with Gasteiger partial charge in [0.2, 0.25) is 0 Å². The molecule has 4 nitrogen and oxygen atoms in total. The molecule has 1 aromatic carbocycles. The molecule has 0 radical (unpaired) electrons. The Morgan fingerprint density at radius 2 is 2.07 bits per heavy atom. The maximum atomic E-state index is 13.8. The van der Waals surface area contributed by atoms with Crippen LogP contribution in [0.15, 0.2) is 35.9 Å². The lowest BCUT2D eigenvalue weighted by atomic mass is 9.69. The van der Waals surface area contributed by atoms with Gasteiger partial charge in [-0.25, -0.2) is 4.39 Å². The number of esters is 1. The van der Waals surface area contributed by atoms with Crippen LogP contribution in [0.4, 0.5) is 4.39 Å². The number of hydrogen-bond acceptors (Lipinski definition) is 4. The molecule has 0 saturated carbocycles. The summed E-state index contributed by atoms with van der Waals surface area (Å²) in [5.41, 5.74) is 3.67. The summed E-state index contributed by atoms with van der Waals surface area (Å²) in [5, 5.41) is 9.84. The first-order valence-corrected chi connectivity index (χ1v) is 9.78. The van der Waals surface area contributed by atoms with Crippen LogP contribution in [0.3, 0.4) is 0 Å². The van der Waals surface area contributed by atoms with Crippen molar-refractivity contribution in [1.82, 2.24) is 0 Å². The highest BCUT2D eigenvalue weighted by molar-refractivity contribution is 5.74. The van der Waals surface area contributed by atoms with Gasteiger partial charge in [0.25, 0.3) is 0 Å². The normalized spacial score (nSPS) is 27.9. The average Bonchev–Trinajstić information content (AvgIpc) is 2.61. The fourth-order valence-corrected chi connectivity index (χ4v) is 4.23. The Morgan fingerprint density at radius 3 is 2.71 bits per heavy atom. The molecule has 3 rings (SSSR count). The Bertz CT molecular complexity index is 809. The first-order valence-electron chi connectivity index (χ1n) is 9.78. The zero-order chi connectivity index (χ0) is 20.5. The molecule has 5 heteroatoms. The highest BCUT2D eigenvalue weighted by atomic mass is 19.1. The number of allylic oxidation sites excluding steroid dienone is 2. The standard InChI is InChI=1S/C23H29FO4/c1-14-9-15(5-8-21(14)24)19-12-18(27-4)13-23(2,3)20(19)7-6-17-10-16(25)11-22(26)28-17/h5-9,16-18,25H,10-13H2,1-4H3. The highest BCUT2D eigenvalue weighted by Crippen LogP contribution is 2.45. The van der Waals surface area contributed by atoms with Crippen molar-refractivity contribution in [3.05, 3.63) is 52.9 Å². The first kappa shape index (κ1) is 20.7. The minimum absolute atomic E-state index is 0.0498. The molecule has 1 N–H and O–H groups in total. The molecule has 0 bridgehead atoms. The van der Waals surface area contributed by atoms with Crippen molar-refractivity contribution in [1.29, 1.82) is 0 Å². The van der Waals surface area contributed by atoms with Crippen LogP contribution in [-0.4, -0.2) is 36.5 Å². The lowest BCUT2D eigenvalue weighted by Gasteiger charge is -2.38. The summed E-state index contributed by atoms with van der Waals surface area (Å²) in [5.74, 6) is -0.595. The van der Waals surface area contributed by atoms with E-state index in [0.717, 1.165) is 29.6 Å². The summed E-state index contributed by atoms with van der Waals surface area (Å²) < 4.78 is 24.8. The molecule has 1 fully saturated rings. The second kappa shape index (κ2) is 8.18. The lowest BCUT2D eigenvalue weighted by molar-refractivity contribution is -0.156. The summed E-state index contributed by atoms with van der Waals surface area (Å²) in [7, 11) is 1.72. The molecular weight excluding hydrogens is 359 g/mol. The van der Waals surface area contributed by atoms with Crippen LogP contribution in [0.25, 0.3) is 5.57 Å². The number of aliphatic hydroxyl groups excluding tert-OH is 1. The van der Waals surface area contributed by atoms with E-state index in [0.29, 0.717) is 12.0 Å². The molecule has 152 valence electrons. The van der Waals surface area contributed by atoms with Crippen LogP contribution in [0.2, 0.25) is 0 Å². The van der Waals surface area contributed by atoms with Gasteiger partial charge in [-0.2, -0.15) is 0 Å². The smallest absolute Gasteiger partial charge is 0.309 e. The summed E-state index contributed by atoms with van der Waals surface area (Å²) in [6, 6.07) is 5.18. The third-order valence-electron chi connectivity index (χ3n) is 5.73. The van der Waals surface area contributed by atoms with Crippen molar-refractivity contribution in [2.75, 3.05) is 7.11 Å². The number of rotatable bonds is 4. The Balaban J connectivity index is 2.01. The largest absolute Gasteiger partial charge is 0.458 e. The SMILES string of the molecule is COC1CC(c2ccc(F)c(C)c2)=C(C=CC2CC(O)CC(=O)O2)C(C)(C)C1. The van der Waals surface area contributed by atoms with Crippen molar-refractivity contribution in [2.45, 2.75) is 64.8 Å².